The van der Waals surface area contributed by atoms with Crippen LogP contribution < -0.4 is 10.8 Å². The zero-order valence-corrected chi connectivity index (χ0v) is 13.2. The molecule has 1 rings (SSSR count). The Balaban J connectivity index is 1.87. The largest absolute Gasteiger partial charge is 0.445 e. The van der Waals surface area contributed by atoms with Gasteiger partial charge in [0.15, 0.2) is 0 Å². The monoisotopic (exact) mass is 310 g/mol. The molecule has 0 saturated carbocycles. The molecular formula is C16H26N2O4. The van der Waals surface area contributed by atoms with Gasteiger partial charge in [0.2, 0.25) is 0 Å². The van der Waals surface area contributed by atoms with Crippen LogP contribution in [0, 0.1) is 0 Å². The number of hydrogen-bond acceptors (Lipinski definition) is 5. The molecule has 0 fully saturated rings. The topological polar surface area (TPSA) is 68.8 Å². The molecule has 0 aliphatic heterocycles. The zero-order valence-electron chi connectivity index (χ0n) is 13.2. The maximum absolute atomic E-state index is 11.4. The van der Waals surface area contributed by atoms with E-state index in [-0.39, 0.29) is 6.61 Å². The molecule has 1 amide bonds. The second-order valence-corrected chi connectivity index (χ2v) is 4.70. The van der Waals surface area contributed by atoms with Crippen molar-refractivity contribution in [3.05, 3.63) is 35.9 Å². The molecule has 0 atom stereocenters. The highest BCUT2D eigenvalue weighted by Gasteiger charge is 2.01. The first-order chi connectivity index (χ1) is 10.8. The van der Waals surface area contributed by atoms with Crippen molar-refractivity contribution in [3.63, 3.8) is 0 Å². The summed E-state index contributed by atoms with van der Waals surface area (Å²) in [6.45, 7) is 5.12. The van der Waals surface area contributed by atoms with Gasteiger partial charge in [0.05, 0.1) is 19.8 Å². The lowest BCUT2D eigenvalue weighted by Crippen LogP contribution is -2.29. The van der Waals surface area contributed by atoms with Crippen LogP contribution in [-0.4, -0.2) is 39.0 Å². The average molecular weight is 310 g/mol. The minimum absolute atomic E-state index is 0.270. The summed E-state index contributed by atoms with van der Waals surface area (Å²) in [5, 5.41) is 2.63. The molecule has 6 heteroatoms. The molecule has 0 bridgehead atoms. The van der Waals surface area contributed by atoms with E-state index in [1.807, 2.05) is 30.3 Å². The van der Waals surface area contributed by atoms with E-state index < -0.39 is 6.09 Å². The van der Waals surface area contributed by atoms with E-state index in [2.05, 4.69) is 17.7 Å². The summed E-state index contributed by atoms with van der Waals surface area (Å²) >= 11 is 0. The predicted molar refractivity (Wildman–Crippen MR) is 84.3 cm³/mol. The Morgan fingerprint density at radius 1 is 1.09 bits per heavy atom. The van der Waals surface area contributed by atoms with Crippen molar-refractivity contribution in [2.45, 2.75) is 26.4 Å². The molecular weight excluding hydrogens is 284 g/mol. The Morgan fingerprint density at radius 3 is 2.64 bits per heavy atom. The average Bonchev–Trinajstić information content (AvgIpc) is 2.55. The van der Waals surface area contributed by atoms with Gasteiger partial charge >= 0.3 is 6.09 Å². The van der Waals surface area contributed by atoms with Gasteiger partial charge in [-0.25, -0.2) is 10.3 Å². The fourth-order valence-corrected chi connectivity index (χ4v) is 1.58. The summed E-state index contributed by atoms with van der Waals surface area (Å²) in [6, 6.07) is 9.55. The molecule has 0 radical (unpaired) electrons. The number of benzene rings is 1. The molecule has 0 saturated heterocycles. The highest BCUT2D eigenvalue weighted by atomic mass is 16.6. The fourth-order valence-electron chi connectivity index (χ4n) is 1.58. The predicted octanol–water partition coefficient (Wildman–Crippen LogP) is 2.25. The molecule has 22 heavy (non-hydrogen) atoms. The lowest BCUT2D eigenvalue weighted by molar-refractivity contribution is 0.0192. The van der Waals surface area contributed by atoms with Crippen molar-refractivity contribution in [3.8, 4) is 0 Å². The van der Waals surface area contributed by atoms with Crippen LogP contribution in [0.1, 0.15) is 25.3 Å². The Labute approximate surface area is 132 Å². The van der Waals surface area contributed by atoms with Gasteiger partial charge in [-0.1, -0.05) is 43.7 Å². The SMILES string of the molecule is CCCCONCCOCCNC(=O)OCc1ccccc1. The summed E-state index contributed by atoms with van der Waals surface area (Å²) < 4.78 is 10.4. The van der Waals surface area contributed by atoms with E-state index in [1.165, 1.54) is 0 Å². The van der Waals surface area contributed by atoms with Gasteiger partial charge in [-0.3, -0.25) is 0 Å². The number of alkyl carbamates (subject to hydrolysis) is 1. The highest BCUT2D eigenvalue weighted by Crippen LogP contribution is 2.00. The smallest absolute Gasteiger partial charge is 0.407 e. The van der Waals surface area contributed by atoms with Crippen molar-refractivity contribution in [2.75, 3.05) is 32.9 Å². The maximum atomic E-state index is 11.4. The van der Waals surface area contributed by atoms with Crippen molar-refractivity contribution in [1.82, 2.24) is 10.8 Å². The lowest BCUT2D eigenvalue weighted by atomic mass is 10.2. The van der Waals surface area contributed by atoms with Crippen LogP contribution >= 0.6 is 0 Å². The third-order valence-corrected chi connectivity index (χ3v) is 2.78. The first-order valence-electron chi connectivity index (χ1n) is 7.70. The number of hydroxylamine groups is 1. The number of hydrogen-bond donors (Lipinski definition) is 2. The van der Waals surface area contributed by atoms with Crippen molar-refractivity contribution in [1.29, 1.82) is 0 Å². The van der Waals surface area contributed by atoms with Crippen molar-refractivity contribution in [2.24, 2.45) is 0 Å². The molecule has 6 nitrogen and oxygen atoms in total. The number of amides is 1. The number of carbonyl (C=O) groups is 1. The van der Waals surface area contributed by atoms with Gasteiger partial charge in [-0.05, 0) is 12.0 Å². The molecule has 1 aromatic carbocycles. The second-order valence-electron chi connectivity index (χ2n) is 4.70. The van der Waals surface area contributed by atoms with Crippen LogP contribution in [0.4, 0.5) is 4.79 Å². The van der Waals surface area contributed by atoms with E-state index in [9.17, 15) is 4.79 Å². The Hall–Kier alpha value is -1.63. The molecule has 124 valence electrons. The lowest BCUT2D eigenvalue weighted by Gasteiger charge is -2.08. The van der Waals surface area contributed by atoms with Gasteiger partial charge in [0.25, 0.3) is 0 Å². The molecule has 2 N–H and O–H groups in total. The molecule has 1 aromatic rings. The number of unbranched alkanes of at least 4 members (excludes halogenated alkanes) is 1. The normalized spacial score (nSPS) is 10.4. The van der Waals surface area contributed by atoms with Crippen molar-refractivity contribution >= 4 is 6.09 Å². The summed E-state index contributed by atoms with van der Waals surface area (Å²) in [5.41, 5.74) is 3.78. The third-order valence-electron chi connectivity index (χ3n) is 2.78. The molecule has 0 aliphatic rings. The van der Waals surface area contributed by atoms with Gasteiger partial charge in [0.1, 0.15) is 6.61 Å². The Kier molecular flexibility index (Phi) is 10.9. The minimum Gasteiger partial charge on any atom is -0.445 e. The van der Waals surface area contributed by atoms with Gasteiger partial charge < -0.3 is 19.6 Å². The number of nitrogens with one attached hydrogen (secondary N) is 2. The number of ether oxygens (including phenoxy) is 2. The standard InChI is InChI=1S/C16H26N2O4/c1-2-3-11-22-18-10-13-20-12-9-17-16(19)21-14-15-7-5-4-6-8-15/h4-8,18H,2-3,9-14H2,1H3,(H,17,19). The van der Waals surface area contributed by atoms with Crippen LogP contribution in [-0.2, 0) is 20.9 Å². The van der Waals surface area contributed by atoms with Gasteiger partial charge in [-0.2, -0.15) is 0 Å². The highest BCUT2D eigenvalue weighted by molar-refractivity contribution is 5.67. The third kappa shape index (κ3) is 10.1. The van der Waals surface area contributed by atoms with E-state index in [1.54, 1.807) is 0 Å². The molecule has 0 spiro atoms. The van der Waals surface area contributed by atoms with Crippen LogP contribution in [0.15, 0.2) is 30.3 Å². The Morgan fingerprint density at radius 2 is 1.86 bits per heavy atom. The molecule has 0 heterocycles. The summed E-state index contributed by atoms with van der Waals surface area (Å²) in [4.78, 5) is 16.6. The first-order valence-corrected chi connectivity index (χ1v) is 7.70. The summed E-state index contributed by atoms with van der Waals surface area (Å²) in [5.74, 6) is 0. The maximum Gasteiger partial charge on any atom is 0.407 e. The summed E-state index contributed by atoms with van der Waals surface area (Å²) in [7, 11) is 0. The summed E-state index contributed by atoms with van der Waals surface area (Å²) in [6.07, 6.45) is 1.72. The fraction of sp³-hybridized carbons (Fsp3) is 0.562. The second kappa shape index (κ2) is 13.1. The zero-order chi connectivity index (χ0) is 15.9. The number of carbonyl (C=O) groups excluding carboxylic acids is 1. The molecule has 0 unspecified atom stereocenters. The number of rotatable bonds is 12. The first kappa shape index (κ1) is 18.4. The quantitative estimate of drug-likeness (QED) is 0.458. The minimum atomic E-state index is -0.437. The van der Waals surface area contributed by atoms with E-state index in [4.69, 9.17) is 14.3 Å². The van der Waals surface area contributed by atoms with E-state index in [0.717, 1.165) is 18.4 Å². The van der Waals surface area contributed by atoms with E-state index in [0.29, 0.717) is 32.9 Å². The Bertz CT molecular complexity index is 387. The van der Waals surface area contributed by atoms with Crippen LogP contribution in [0.3, 0.4) is 0 Å². The molecule has 0 aromatic heterocycles. The van der Waals surface area contributed by atoms with Gasteiger partial charge in [0, 0.05) is 13.1 Å². The van der Waals surface area contributed by atoms with E-state index >= 15 is 0 Å². The van der Waals surface area contributed by atoms with Gasteiger partial charge in [-0.15, -0.1) is 0 Å². The van der Waals surface area contributed by atoms with Crippen LogP contribution in [0.5, 0.6) is 0 Å². The van der Waals surface area contributed by atoms with Crippen LogP contribution in [0.2, 0.25) is 0 Å². The van der Waals surface area contributed by atoms with Crippen LogP contribution in [0.25, 0.3) is 0 Å². The molecule has 0 aliphatic carbocycles. The van der Waals surface area contributed by atoms with Crippen molar-refractivity contribution < 1.29 is 19.1 Å².